The Hall–Kier alpha value is -3.78. The van der Waals surface area contributed by atoms with Crippen molar-refractivity contribution >= 4 is 35.1 Å². The number of carbonyl (C=O) groups excluding carboxylic acids is 2. The Morgan fingerprint density at radius 2 is 1.74 bits per heavy atom. The van der Waals surface area contributed by atoms with Crippen molar-refractivity contribution in [1.29, 1.82) is 0 Å². The average Bonchev–Trinajstić information content (AvgIpc) is 3.46. The molecule has 0 bridgehead atoms. The van der Waals surface area contributed by atoms with Gasteiger partial charge in [0.2, 0.25) is 5.91 Å². The van der Waals surface area contributed by atoms with Crippen molar-refractivity contribution in [3.05, 3.63) is 96.1 Å². The maximum Gasteiger partial charge on any atom is 0.291 e. The molecule has 2 aromatic carbocycles. The zero-order valence-electron chi connectivity index (χ0n) is 16.6. The minimum absolute atomic E-state index is 0.209. The van der Waals surface area contributed by atoms with E-state index >= 15 is 0 Å². The molecule has 0 aliphatic heterocycles. The van der Waals surface area contributed by atoms with Gasteiger partial charge >= 0.3 is 0 Å². The summed E-state index contributed by atoms with van der Waals surface area (Å²) in [5.41, 5.74) is 1.49. The van der Waals surface area contributed by atoms with Crippen LogP contribution in [0.1, 0.15) is 27.1 Å². The van der Waals surface area contributed by atoms with E-state index in [0.717, 1.165) is 10.5 Å². The number of nitrogens with zero attached hydrogens (tertiary/aromatic N) is 1. The summed E-state index contributed by atoms with van der Waals surface area (Å²) in [6, 6.07) is 21.7. The third-order valence-electron chi connectivity index (χ3n) is 4.33. The van der Waals surface area contributed by atoms with E-state index in [9.17, 15) is 9.59 Å². The van der Waals surface area contributed by atoms with E-state index < -0.39 is 5.25 Å². The number of hydrogen-bond donors (Lipinski definition) is 2. The van der Waals surface area contributed by atoms with Crippen LogP contribution in [0.25, 0.3) is 0 Å². The van der Waals surface area contributed by atoms with Crippen molar-refractivity contribution in [2.75, 3.05) is 10.6 Å². The van der Waals surface area contributed by atoms with Crippen LogP contribution in [-0.2, 0) is 4.79 Å². The van der Waals surface area contributed by atoms with Gasteiger partial charge in [0, 0.05) is 16.6 Å². The summed E-state index contributed by atoms with van der Waals surface area (Å²) in [7, 11) is 0. The standard InChI is InChI=1S/C23H19N3O4S/c1-15-14-20(26-30-15)25-23(28)21(16-6-3-2-4-7-16)31-18-11-9-17(10-12-18)24-22(27)19-8-5-13-29-19/h2-14,21H,1H3,(H,24,27)(H,25,26,28). The number of hydrogen-bond acceptors (Lipinski definition) is 6. The Balaban J connectivity index is 1.48. The van der Waals surface area contributed by atoms with E-state index in [4.69, 9.17) is 8.94 Å². The van der Waals surface area contributed by atoms with E-state index in [-0.39, 0.29) is 17.6 Å². The van der Waals surface area contributed by atoms with Crippen molar-refractivity contribution in [1.82, 2.24) is 5.16 Å². The minimum Gasteiger partial charge on any atom is -0.459 e. The van der Waals surface area contributed by atoms with Gasteiger partial charge in [-0.1, -0.05) is 35.5 Å². The summed E-state index contributed by atoms with van der Waals surface area (Å²) in [6.07, 6.45) is 1.45. The van der Waals surface area contributed by atoms with Gasteiger partial charge in [0.1, 0.15) is 11.0 Å². The molecule has 2 aromatic heterocycles. The van der Waals surface area contributed by atoms with Crippen molar-refractivity contribution < 1.29 is 18.5 Å². The summed E-state index contributed by atoms with van der Waals surface area (Å²) >= 11 is 1.40. The van der Waals surface area contributed by atoms with Gasteiger partial charge in [-0.15, -0.1) is 11.8 Å². The fourth-order valence-electron chi connectivity index (χ4n) is 2.87. The van der Waals surface area contributed by atoms with Crippen molar-refractivity contribution in [3.63, 3.8) is 0 Å². The molecular weight excluding hydrogens is 414 g/mol. The van der Waals surface area contributed by atoms with Gasteiger partial charge in [0.25, 0.3) is 5.91 Å². The largest absolute Gasteiger partial charge is 0.459 e. The fourth-order valence-corrected chi connectivity index (χ4v) is 3.90. The summed E-state index contributed by atoms with van der Waals surface area (Å²) in [5, 5.41) is 8.91. The second-order valence-electron chi connectivity index (χ2n) is 6.68. The van der Waals surface area contributed by atoms with Gasteiger partial charge in [0.05, 0.1) is 6.26 Å². The van der Waals surface area contributed by atoms with Crippen LogP contribution in [0.4, 0.5) is 11.5 Å². The number of anilines is 2. The number of amides is 2. The van der Waals surface area contributed by atoms with Crippen LogP contribution in [0.2, 0.25) is 0 Å². The molecule has 7 nitrogen and oxygen atoms in total. The van der Waals surface area contributed by atoms with Crippen LogP contribution in [0.3, 0.4) is 0 Å². The lowest BCUT2D eigenvalue weighted by atomic mass is 10.1. The maximum absolute atomic E-state index is 13.0. The molecule has 0 aliphatic carbocycles. The number of furan rings is 1. The monoisotopic (exact) mass is 433 g/mol. The maximum atomic E-state index is 13.0. The van der Waals surface area contributed by atoms with Crippen LogP contribution in [0.15, 0.2) is 92.9 Å². The van der Waals surface area contributed by atoms with Gasteiger partial charge in [-0.2, -0.15) is 0 Å². The highest BCUT2D eigenvalue weighted by atomic mass is 32.2. The first-order chi connectivity index (χ1) is 15.1. The van der Waals surface area contributed by atoms with Crippen LogP contribution >= 0.6 is 11.8 Å². The molecule has 0 fully saturated rings. The van der Waals surface area contributed by atoms with Crippen molar-refractivity contribution in [2.45, 2.75) is 17.1 Å². The first-order valence-electron chi connectivity index (χ1n) is 9.49. The number of thioether (sulfide) groups is 1. The molecular formula is C23H19N3O4S. The number of carbonyl (C=O) groups is 2. The van der Waals surface area contributed by atoms with Gasteiger partial charge in [0.15, 0.2) is 11.6 Å². The topological polar surface area (TPSA) is 97.4 Å². The molecule has 2 amide bonds. The Kier molecular flexibility index (Phi) is 6.18. The second-order valence-corrected chi connectivity index (χ2v) is 7.85. The number of nitrogens with one attached hydrogen (secondary N) is 2. The van der Waals surface area contributed by atoms with Crippen LogP contribution in [0, 0.1) is 6.92 Å². The molecule has 0 spiro atoms. The molecule has 4 aromatic rings. The molecule has 156 valence electrons. The van der Waals surface area contributed by atoms with E-state index in [1.807, 2.05) is 42.5 Å². The van der Waals surface area contributed by atoms with Gasteiger partial charge < -0.3 is 19.6 Å². The molecule has 4 rings (SSSR count). The number of aryl methyl sites for hydroxylation is 1. The Morgan fingerprint density at radius 3 is 2.39 bits per heavy atom. The molecule has 31 heavy (non-hydrogen) atoms. The quantitative estimate of drug-likeness (QED) is 0.384. The number of benzene rings is 2. The summed E-state index contributed by atoms with van der Waals surface area (Å²) in [4.78, 5) is 26.0. The van der Waals surface area contributed by atoms with Gasteiger partial charge in [-0.05, 0) is 48.9 Å². The van der Waals surface area contributed by atoms with E-state index in [1.165, 1.54) is 18.0 Å². The zero-order valence-corrected chi connectivity index (χ0v) is 17.4. The summed E-state index contributed by atoms with van der Waals surface area (Å²) in [5.74, 6) is 0.698. The SMILES string of the molecule is Cc1cc(NC(=O)C(Sc2ccc(NC(=O)c3ccco3)cc2)c2ccccc2)no1. The Labute approximate surface area is 182 Å². The predicted octanol–water partition coefficient (Wildman–Crippen LogP) is 5.30. The molecule has 8 heteroatoms. The van der Waals surface area contributed by atoms with Gasteiger partial charge in [-0.25, -0.2) is 0 Å². The third-order valence-corrected chi connectivity index (χ3v) is 5.60. The molecule has 0 saturated heterocycles. The van der Waals surface area contributed by atoms with Crippen LogP contribution in [-0.4, -0.2) is 17.0 Å². The highest BCUT2D eigenvalue weighted by Gasteiger charge is 2.23. The van der Waals surface area contributed by atoms with E-state index in [2.05, 4.69) is 15.8 Å². The predicted molar refractivity (Wildman–Crippen MR) is 118 cm³/mol. The molecule has 0 radical (unpaired) electrons. The lowest BCUT2D eigenvalue weighted by molar-refractivity contribution is -0.115. The van der Waals surface area contributed by atoms with Crippen molar-refractivity contribution in [2.24, 2.45) is 0 Å². The Bertz CT molecular complexity index is 1160. The fraction of sp³-hybridized carbons (Fsp3) is 0.0870. The molecule has 1 atom stereocenters. The van der Waals surface area contributed by atoms with Crippen LogP contribution < -0.4 is 10.6 Å². The minimum atomic E-state index is -0.498. The smallest absolute Gasteiger partial charge is 0.291 e. The number of aromatic nitrogens is 1. The van der Waals surface area contributed by atoms with Gasteiger partial charge in [-0.3, -0.25) is 9.59 Å². The van der Waals surface area contributed by atoms with E-state index in [1.54, 1.807) is 37.3 Å². The van der Waals surface area contributed by atoms with Crippen molar-refractivity contribution in [3.8, 4) is 0 Å². The molecule has 0 aliphatic rings. The van der Waals surface area contributed by atoms with E-state index in [0.29, 0.717) is 17.3 Å². The second kappa shape index (κ2) is 9.36. The lowest BCUT2D eigenvalue weighted by Gasteiger charge is -2.16. The molecule has 2 N–H and O–H groups in total. The molecule has 1 unspecified atom stereocenters. The molecule has 0 saturated carbocycles. The number of rotatable bonds is 7. The normalized spacial score (nSPS) is 11.6. The Morgan fingerprint density at radius 1 is 0.968 bits per heavy atom. The third kappa shape index (κ3) is 5.23. The lowest BCUT2D eigenvalue weighted by Crippen LogP contribution is -2.19. The highest BCUT2D eigenvalue weighted by Crippen LogP contribution is 2.36. The zero-order chi connectivity index (χ0) is 21.6. The summed E-state index contributed by atoms with van der Waals surface area (Å²) < 4.78 is 10.1. The first-order valence-corrected chi connectivity index (χ1v) is 10.4. The van der Waals surface area contributed by atoms with Crippen LogP contribution in [0.5, 0.6) is 0 Å². The molecule has 2 heterocycles. The first kappa shape index (κ1) is 20.5. The highest BCUT2D eigenvalue weighted by molar-refractivity contribution is 8.00. The average molecular weight is 433 g/mol. The summed E-state index contributed by atoms with van der Waals surface area (Å²) in [6.45, 7) is 1.76.